The molecule has 2 rings (SSSR count). The summed E-state index contributed by atoms with van der Waals surface area (Å²) >= 11 is 0. The van der Waals surface area contributed by atoms with Gasteiger partial charge in [0.1, 0.15) is 17.5 Å². The molecule has 0 aliphatic heterocycles. The fraction of sp³-hybridized carbons (Fsp3) is 0.111. The SMILES string of the molecule is NCc1nccc(Nc2ccc[nH]2)n1. The van der Waals surface area contributed by atoms with Crippen LogP contribution >= 0.6 is 0 Å². The van der Waals surface area contributed by atoms with Crippen molar-refractivity contribution in [3.8, 4) is 0 Å². The average molecular weight is 189 g/mol. The van der Waals surface area contributed by atoms with E-state index in [1.807, 2.05) is 18.3 Å². The lowest BCUT2D eigenvalue weighted by molar-refractivity contribution is 0.911. The van der Waals surface area contributed by atoms with Gasteiger partial charge in [-0.05, 0) is 18.2 Å². The summed E-state index contributed by atoms with van der Waals surface area (Å²) in [6.45, 7) is 0.347. The van der Waals surface area contributed by atoms with Crippen molar-refractivity contribution in [2.24, 2.45) is 5.73 Å². The third-order valence-corrected chi connectivity index (χ3v) is 1.75. The molecule has 0 unspecified atom stereocenters. The number of aromatic amines is 1. The summed E-state index contributed by atoms with van der Waals surface area (Å²) in [7, 11) is 0. The van der Waals surface area contributed by atoms with Gasteiger partial charge in [0.2, 0.25) is 0 Å². The molecule has 72 valence electrons. The molecule has 2 aromatic heterocycles. The van der Waals surface area contributed by atoms with E-state index in [0.29, 0.717) is 12.4 Å². The molecule has 0 atom stereocenters. The fourth-order valence-electron chi connectivity index (χ4n) is 1.11. The van der Waals surface area contributed by atoms with Crippen molar-refractivity contribution in [1.82, 2.24) is 15.0 Å². The van der Waals surface area contributed by atoms with Crippen molar-refractivity contribution in [3.63, 3.8) is 0 Å². The Morgan fingerprint density at radius 2 is 2.36 bits per heavy atom. The minimum atomic E-state index is 0.347. The number of nitrogens with two attached hydrogens (primary N) is 1. The van der Waals surface area contributed by atoms with Gasteiger partial charge >= 0.3 is 0 Å². The molecular formula is C9H11N5. The van der Waals surface area contributed by atoms with Crippen LogP contribution in [0.3, 0.4) is 0 Å². The molecule has 2 heterocycles. The monoisotopic (exact) mass is 189 g/mol. The average Bonchev–Trinajstić information content (AvgIpc) is 2.71. The molecule has 5 nitrogen and oxygen atoms in total. The van der Waals surface area contributed by atoms with E-state index in [9.17, 15) is 0 Å². The van der Waals surface area contributed by atoms with Crippen molar-refractivity contribution in [2.75, 3.05) is 5.32 Å². The van der Waals surface area contributed by atoms with E-state index >= 15 is 0 Å². The molecule has 4 N–H and O–H groups in total. The molecule has 5 heteroatoms. The Labute approximate surface area is 81.4 Å². The van der Waals surface area contributed by atoms with Crippen LogP contribution in [0.15, 0.2) is 30.6 Å². The number of nitrogens with one attached hydrogen (secondary N) is 2. The highest BCUT2D eigenvalue weighted by molar-refractivity contribution is 5.50. The molecule has 0 aliphatic rings. The predicted octanol–water partition coefficient (Wildman–Crippen LogP) is 1.01. The number of hydrogen-bond acceptors (Lipinski definition) is 4. The minimum absolute atomic E-state index is 0.347. The van der Waals surface area contributed by atoms with E-state index < -0.39 is 0 Å². The normalized spacial score (nSPS) is 10.1. The van der Waals surface area contributed by atoms with Crippen LogP contribution < -0.4 is 11.1 Å². The maximum atomic E-state index is 5.43. The molecule has 0 radical (unpaired) electrons. The van der Waals surface area contributed by atoms with Crippen LogP contribution in [0.1, 0.15) is 5.82 Å². The van der Waals surface area contributed by atoms with E-state index in [0.717, 1.165) is 11.6 Å². The lowest BCUT2D eigenvalue weighted by Crippen LogP contribution is -2.04. The van der Waals surface area contributed by atoms with Gasteiger partial charge in [-0.25, -0.2) is 9.97 Å². The Balaban J connectivity index is 2.17. The minimum Gasteiger partial charge on any atom is -0.348 e. The van der Waals surface area contributed by atoms with E-state index in [-0.39, 0.29) is 0 Å². The molecular weight excluding hydrogens is 178 g/mol. The van der Waals surface area contributed by atoms with Crippen LogP contribution in [0.5, 0.6) is 0 Å². The summed E-state index contributed by atoms with van der Waals surface area (Å²) in [6, 6.07) is 5.62. The van der Waals surface area contributed by atoms with Crippen LogP contribution in [0.25, 0.3) is 0 Å². The number of aromatic nitrogens is 3. The van der Waals surface area contributed by atoms with Crippen molar-refractivity contribution in [2.45, 2.75) is 6.54 Å². The number of anilines is 2. The van der Waals surface area contributed by atoms with Crippen molar-refractivity contribution in [3.05, 3.63) is 36.4 Å². The number of H-pyrrole nitrogens is 1. The maximum absolute atomic E-state index is 5.43. The maximum Gasteiger partial charge on any atom is 0.144 e. The van der Waals surface area contributed by atoms with Gasteiger partial charge in [0.15, 0.2) is 0 Å². The molecule has 2 aromatic rings. The molecule has 0 fully saturated rings. The van der Waals surface area contributed by atoms with Gasteiger partial charge in [-0.3, -0.25) is 0 Å². The first-order chi connectivity index (χ1) is 6.88. The van der Waals surface area contributed by atoms with Gasteiger partial charge in [0, 0.05) is 12.4 Å². The zero-order chi connectivity index (χ0) is 9.80. The standard InChI is InChI=1S/C9H11N5/c10-6-9-12-5-3-8(14-9)13-7-2-1-4-11-7/h1-5,11H,6,10H2,(H,12,13,14). The van der Waals surface area contributed by atoms with Gasteiger partial charge in [-0.2, -0.15) is 0 Å². The van der Waals surface area contributed by atoms with Crippen molar-refractivity contribution < 1.29 is 0 Å². The van der Waals surface area contributed by atoms with Crippen LogP contribution in [0.4, 0.5) is 11.6 Å². The van der Waals surface area contributed by atoms with Crippen LogP contribution in [0.2, 0.25) is 0 Å². The van der Waals surface area contributed by atoms with E-state index in [4.69, 9.17) is 5.73 Å². The van der Waals surface area contributed by atoms with E-state index in [1.54, 1.807) is 12.3 Å². The summed E-state index contributed by atoms with van der Waals surface area (Å²) in [5, 5.41) is 3.10. The Kier molecular flexibility index (Phi) is 2.42. The number of nitrogens with zero attached hydrogens (tertiary/aromatic N) is 2. The van der Waals surface area contributed by atoms with Crippen LogP contribution in [-0.4, -0.2) is 15.0 Å². The third kappa shape index (κ3) is 1.89. The molecule has 14 heavy (non-hydrogen) atoms. The quantitative estimate of drug-likeness (QED) is 0.673. The van der Waals surface area contributed by atoms with Gasteiger partial charge < -0.3 is 16.0 Å². The van der Waals surface area contributed by atoms with Crippen LogP contribution in [-0.2, 0) is 6.54 Å². The summed E-state index contributed by atoms with van der Waals surface area (Å²) in [4.78, 5) is 11.2. The molecule has 0 amide bonds. The zero-order valence-corrected chi connectivity index (χ0v) is 7.57. The lowest BCUT2D eigenvalue weighted by Gasteiger charge is -2.03. The largest absolute Gasteiger partial charge is 0.348 e. The summed E-state index contributed by atoms with van der Waals surface area (Å²) in [5.74, 6) is 2.26. The highest BCUT2D eigenvalue weighted by atomic mass is 15.1. The fourth-order valence-corrected chi connectivity index (χ4v) is 1.11. The smallest absolute Gasteiger partial charge is 0.144 e. The highest BCUT2D eigenvalue weighted by Crippen LogP contribution is 2.10. The molecule has 0 aliphatic carbocycles. The predicted molar refractivity (Wildman–Crippen MR) is 54.0 cm³/mol. The first-order valence-electron chi connectivity index (χ1n) is 4.31. The summed E-state index contributed by atoms with van der Waals surface area (Å²) in [6.07, 6.45) is 3.52. The number of rotatable bonds is 3. The Morgan fingerprint density at radius 3 is 3.07 bits per heavy atom. The Morgan fingerprint density at radius 1 is 1.43 bits per heavy atom. The topological polar surface area (TPSA) is 79.6 Å². The van der Waals surface area contributed by atoms with Gasteiger partial charge in [-0.15, -0.1) is 0 Å². The first-order valence-corrected chi connectivity index (χ1v) is 4.31. The molecule has 0 bridgehead atoms. The second kappa shape index (κ2) is 3.89. The molecule has 0 saturated heterocycles. The summed E-state index contributed by atoms with van der Waals surface area (Å²) in [5.41, 5.74) is 5.43. The first kappa shape index (κ1) is 8.71. The van der Waals surface area contributed by atoms with Crippen molar-refractivity contribution in [1.29, 1.82) is 0 Å². The second-order valence-electron chi connectivity index (χ2n) is 2.77. The molecule has 0 saturated carbocycles. The van der Waals surface area contributed by atoms with E-state index in [1.165, 1.54) is 0 Å². The molecule has 0 spiro atoms. The Hall–Kier alpha value is -1.88. The highest BCUT2D eigenvalue weighted by Gasteiger charge is 1.97. The Bertz CT molecular complexity index is 395. The van der Waals surface area contributed by atoms with Crippen LogP contribution in [0, 0.1) is 0 Å². The zero-order valence-electron chi connectivity index (χ0n) is 7.57. The second-order valence-corrected chi connectivity index (χ2v) is 2.77. The third-order valence-electron chi connectivity index (χ3n) is 1.75. The van der Waals surface area contributed by atoms with E-state index in [2.05, 4.69) is 20.3 Å². The summed E-state index contributed by atoms with van der Waals surface area (Å²) < 4.78 is 0. The van der Waals surface area contributed by atoms with Gasteiger partial charge in [0.05, 0.1) is 6.54 Å². The lowest BCUT2D eigenvalue weighted by atomic mass is 10.5. The number of hydrogen-bond donors (Lipinski definition) is 3. The van der Waals surface area contributed by atoms with Gasteiger partial charge in [0.25, 0.3) is 0 Å². The van der Waals surface area contributed by atoms with Crippen molar-refractivity contribution >= 4 is 11.6 Å². The van der Waals surface area contributed by atoms with Gasteiger partial charge in [-0.1, -0.05) is 0 Å². The molecule has 0 aromatic carbocycles.